The smallest absolute Gasteiger partial charge is 0.329 e. The van der Waals surface area contributed by atoms with E-state index in [1.807, 2.05) is 18.2 Å². The van der Waals surface area contributed by atoms with Gasteiger partial charge in [0.25, 0.3) is 0 Å². The van der Waals surface area contributed by atoms with Gasteiger partial charge in [-0.2, -0.15) is 0 Å². The fourth-order valence-electron chi connectivity index (χ4n) is 12.2. The monoisotopic (exact) mass is 1400 g/mol. The van der Waals surface area contributed by atoms with Gasteiger partial charge in [-0.1, -0.05) is 145 Å². The van der Waals surface area contributed by atoms with Gasteiger partial charge in [0, 0.05) is 58.1 Å². The number of aliphatic hydroxyl groups excluding tert-OH is 2. The lowest BCUT2D eigenvalue weighted by Crippen LogP contribution is -2.65. The predicted octanol–water partition coefficient (Wildman–Crippen LogP) is 1.54. The molecule has 3 aromatic rings. The minimum atomic E-state index is -1.90. The van der Waals surface area contributed by atoms with Crippen LogP contribution in [0.15, 0.2) is 60.8 Å². The molecule has 1 saturated heterocycles. The minimum absolute atomic E-state index is 0.0283. The number of carbonyl (C=O) groups excluding carboxylic acids is 12. The second kappa shape index (κ2) is 37.8. The van der Waals surface area contributed by atoms with E-state index in [1.165, 1.54) is 35.0 Å². The van der Waals surface area contributed by atoms with Crippen molar-refractivity contribution in [1.29, 1.82) is 0 Å². The average molecular weight is 1400 g/mol. The number of aliphatic hydroxyl groups is 2. The third-order valence-corrected chi connectivity index (χ3v) is 18.5. The van der Waals surface area contributed by atoms with Gasteiger partial charge in [-0.05, 0) is 85.9 Å². The maximum absolute atomic E-state index is 15.3. The summed E-state index contributed by atoms with van der Waals surface area (Å²) < 4.78 is 6.07. The van der Waals surface area contributed by atoms with Gasteiger partial charge in [-0.3, -0.25) is 52.7 Å². The molecule has 0 saturated carbocycles. The highest BCUT2D eigenvalue weighted by Crippen LogP contribution is 2.24. The van der Waals surface area contributed by atoms with E-state index in [4.69, 9.17) is 4.74 Å². The first-order chi connectivity index (χ1) is 46.7. The number of amides is 11. The Labute approximate surface area is 589 Å². The van der Waals surface area contributed by atoms with Gasteiger partial charge in [0.2, 0.25) is 65.0 Å². The molecule has 0 aliphatic carbocycles. The second-order valence-electron chi connectivity index (χ2n) is 28.9. The number of cyclic esters (lactones) is 1. The quantitative estimate of drug-likeness (QED) is 0.0759. The molecule has 0 spiro atoms. The number of nitrogens with one attached hydrogen (secondary N) is 9. The summed E-state index contributed by atoms with van der Waals surface area (Å²) in [4.78, 5) is 186. The maximum atomic E-state index is 15.3. The van der Waals surface area contributed by atoms with Crippen molar-refractivity contribution in [3.63, 3.8) is 0 Å². The number of nitrogens with zero attached hydrogens (tertiary/aromatic N) is 4. The lowest BCUT2D eigenvalue weighted by molar-refractivity contribution is -0.160. The Hall–Kier alpha value is -8.50. The summed E-state index contributed by atoms with van der Waals surface area (Å²) in [6.45, 7) is 25.1. The lowest BCUT2D eigenvalue weighted by atomic mass is 9.96. The van der Waals surface area contributed by atoms with Crippen LogP contribution in [0.3, 0.4) is 0 Å². The third-order valence-electron chi connectivity index (χ3n) is 18.5. The van der Waals surface area contributed by atoms with Crippen LogP contribution < -0.4 is 42.5 Å². The van der Waals surface area contributed by atoms with Crippen molar-refractivity contribution in [3.8, 4) is 0 Å². The van der Waals surface area contributed by atoms with Crippen LogP contribution in [0, 0.1) is 41.4 Å². The standard InChI is InChI=1S/C72H113N13O15/c1-36(2)31-50-62(89)78-56(40(9)10)70(97)84(20)52(35-86)68(95)82(18)51(33-46-34-74-48-30-26-25-29-47(46)48)63(90)76-54(38(5)6)65(92)75-49(32-45-27-23-22-24-28-45)61(88)80-58(42(13)14)72(99)100-44(16)59(81-66(93)55(39(7)8)77-64(91)53(73-17)37(3)4)71(98)85(21)60(43(15)87)67(94)79-57(41(11)12)69(96)83(50)19/h22-30,34,36-44,49-60,73-74,86-87H,31-33,35H2,1-21H3,(H,75,92)(H,76,90)(H,77,91)(H,78,89)(H,79,94)(H,80,88)(H,81,93)/t43-,44-,49+,50+,51+,52+,53+,54+,55+,56+,57+,58+,59+,60+/m1/s1. The molecule has 1 aliphatic heterocycles. The molecule has 2 aromatic carbocycles. The summed E-state index contributed by atoms with van der Waals surface area (Å²) >= 11 is 0. The van der Waals surface area contributed by atoms with Crippen molar-refractivity contribution >= 4 is 81.9 Å². The van der Waals surface area contributed by atoms with Crippen molar-refractivity contribution in [2.75, 3.05) is 41.8 Å². The summed E-state index contributed by atoms with van der Waals surface area (Å²) in [6, 6.07) is -1.62. The number of carbonyl (C=O) groups is 12. The first-order valence-electron chi connectivity index (χ1n) is 34.7. The van der Waals surface area contributed by atoms with Crippen molar-refractivity contribution in [2.45, 2.75) is 215 Å². The van der Waals surface area contributed by atoms with E-state index in [-0.39, 0.29) is 31.1 Å². The molecule has 4 rings (SSSR count). The van der Waals surface area contributed by atoms with E-state index in [2.05, 4.69) is 47.5 Å². The molecule has 28 heteroatoms. The summed E-state index contributed by atoms with van der Waals surface area (Å²) in [5.74, 6) is -14.5. The predicted molar refractivity (Wildman–Crippen MR) is 378 cm³/mol. The molecule has 0 unspecified atom stereocenters. The number of para-hydroxylation sites is 1. The number of hydrogen-bond donors (Lipinski definition) is 11. The average Bonchev–Trinajstić information content (AvgIpc) is 1.32. The number of hydrogen-bond acceptors (Lipinski definition) is 16. The SMILES string of the molecule is CN[C@H](C(=O)N[C@H](C(=O)N[C@@H]1C(=O)N(C)[C@@H]([C@@H](C)O)C(=O)N[C@@H](C(C)C)C(=O)N(C)[C@@H](CC(C)C)C(=O)N[C@@H](C(C)C)C(=O)N(C)[C@@H](CO)C(=O)N(C)[C@@H](Cc2c[nH]c3ccccc23)C(=O)N[C@@H](C(C)C)C(=O)N[C@@H](Cc2ccccc2)C(=O)N[C@@H](C(C)C)C(=O)O[C@@H]1C)C(C)C)C(C)C. The highest BCUT2D eigenvalue weighted by Gasteiger charge is 2.46. The first-order valence-corrected chi connectivity index (χ1v) is 34.7. The third kappa shape index (κ3) is 21.8. The van der Waals surface area contributed by atoms with Crippen LogP contribution in [0.25, 0.3) is 10.9 Å². The Morgan fingerprint density at radius 3 is 1.53 bits per heavy atom. The largest absolute Gasteiger partial charge is 0.458 e. The number of esters is 1. The zero-order valence-corrected chi connectivity index (χ0v) is 62.2. The van der Waals surface area contributed by atoms with E-state index in [0.29, 0.717) is 22.0 Å². The van der Waals surface area contributed by atoms with Crippen LogP contribution >= 0.6 is 0 Å². The summed E-state index contributed by atoms with van der Waals surface area (Å²) in [5.41, 5.74) is 1.87. The molecule has 100 heavy (non-hydrogen) atoms. The number of ether oxygens (including phenoxy) is 1. The molecule has 0 bridgehead atoms. The van der Waals surface area contributed by atoms with E-state index in [0.717, 1.165) is 26.6 Å². The molecule has 2 heterocycles. The van der Waals surface area contributed by atoms with Crippen molar-refractivity contribution in [2.24, 2.45) is 41.4 Å². The Kier molecular flexibility index (Phi) is 31.7. The van der Waals surface area contributed by atoms with Crippen molar-refractivity contribution < 1.29 is 72.5 Å². The molecule has 0 radical (unpaired) electrons. The first kappa shape index (κ1) is 83.9. The van der Waals surface area contributed by atoms with Gasteiger partial charge in [-0.25, -0.2) is 4.79 Å². The van der Waals surface area contributed by atoms with E-state index < -0.39 is 192 Å². The molecule has 1 fully saturated rings. The second-order valence-corrected chi connectivity index (χ2v) is 28.9. The molecular formula is C72H113N13O15. The number of rotatable bonds is 19. The number of aromatic nitrogens is 1. The fourth-order valence-corrected chi connectivity index (χ4v) is 12.2. The molecule has 11 amide bonds. The van der Waals surface area contributed by atoms with Gasteiger partial charge in [0.1, 0.15) is 72.6 Å². The van der Waals surface area contributed by atoms with Crippen molar-refractivity contribution in [1.82, 2.24) is 67.1 Å². The van der Waals surface area contributed by atoms with Crippen LogP contribution in [0.4, 0.5) is 0 Å². The van der Waals surface area contributed by atoms with E-state index >= 15 is 14.4 Å². The minimum Gasteiger partial charge on any atom is -0.458 e. The topological polar surface area (TPSA) is 380 Å². The maximum Gasteiger partial charge on any atom is 0.329 e. The fraction of sp³-hybridized carbons (Fsp3) is 0.639. The van der Waals surface area contributed by atoms with Gasteiger partial charge in [0.15, 0.2) is 0 Å². The molecule has 14 atom stereocenters. The van der Waals surface area contributed by atoms with Crippen LogP contribution in [0.5, 0.6) is 0 Å². The summed E-state index contributed by atoms with van der Waals surface area (Å²) in [5, 5.41) is 45.5. The normalized spacial score (nSPS) is 25.0. The molecule has 1 aliphatic rings. The highest BCUT2D eigenvalue weighted by atomic mass is 16.5. The Balaban J connectivity index is 2.01. The number of likely N-dealkylation sites (N-methyl/N-ethyl adjacent to an activating group) is 5. The zero-order chi connectivity index (χ0) is 75.6. The van der Waals surface area contributed by atoms with Crippen LogP contribution in [-0.4, -0.2) is 232 Å². The molecule has 556 valence electrons. The number of H-pyrrole nitrogens is 1. The van der Waals surface area contributed by atoms with Gasteiger partial charge in [-0.15, -0.1) is 0 Å². The van der Waals surface area contributed by atoms with Crippen LogP contribution in [0.1, 0.15) is 128 Å². The summed E-state index contributed by atoms with van der Waals surface area (Å²) in [7, 11) is 6.66. The number of fused-ring (bicyclic) bond motifs is 1. The van der Waals surface area contributed by atoms with Crippen molar-refractivity contribution in [3.05, 3.63) is 71.9 Å². The van der Waals surface area contributed by atoms with Crippen LogP contribution in [0.2, 0.25) is 0 Å². The van der Waals surface area contributed by atoms with Gasteiger partial charge < -0.3 is 82.1 Å². The highest BCUT2D eigenvalue weighted by molar-refractivity contribution is 6.00. The summed E-state index contributed by atoms with van der Waals surface area (Å²) in [6.07, 6.45) is -1.98. The Morgan fingerprint density at radius 2 is 1.02 bits per heavy atom. The van der Waals surface area contributed by atoms with Gasteiger partial charge in [0.05, 0.1) is 18.8 Å². The van der Waals surface area contributed by atoms with E-state index in [9.17, 15) is 53.4 Å². The number of benzene rings is 2. The molecule has 1 aromatic heterocycles. The van der Waals surface area contributed by atoms with Gasteiger partial charge >= 0.3 is 5.97 Å². The molecule has 11 N–H and O–H groups in total. The molecule has 28 nitrogen and oxygen atoms in total. The molecular weight excluding hydrogens is 1290 g/mol. The number of aromatic amines is 1. The van der Waals surface area contributed by atoms with E-state index in [1.54, 1.807) is 147 Å². The zero-order valence-electron chi connectivity index (χ0n) is 62.2. The Bertz CT molecular complexity index is 3320. The lowest BCUT2D eigenvalue weighted by Gasteiger charge is -2.38. The van der Waals surface area contributed by atoms with Crippen LogP contribution in [-0.2, 0) is 75.1 Å². The Morgan fingerprint density at radius 1 is 0.530 bits per heavy atom.